The topological polar surface area (TPSA) is 64.0 Å². The second-order valence-electron chi connectivity index (χ2n) is 7.86. The Morgan fingerprint density at radius 2 is 1.91 bits per heavy atom. The van der Waals surface area contributed by atoms with Gasteiger partial charge in [-0.3, -0.25) is 14.2 Å². The fourth-order valence-corrected chi connectivity index (χ4v) is 6.39. The van der Waals surface area contributed by atoms with E-state index in [1.54, 1.807) is 11.3 Å². The van der Waals surface area contributed by atoms with Crippen LogP contribution in [0, 0.1) is 11.6 Å². The lowest BCUT2D eigenvalue weighted by atomic mass is 9.97. The molecule has 5 nitrogen and oxygen atoms in total. The quantitative estimate of drug-likeness (QED) is 0.236. The van der Waals surface area contributed by atoms with E-state index in [2.05, 4.69) is 21.2 Å². The van der Waals surface area contributed by atoms with Crippen molar-refractivity contribution >= 4 is 60.8 Å². The molecule has 34 heavy (non-hydrogen) atoms. The van der Waals surface area contributed by atoms with E-state index in [9.17, 15) is 18.4 Å². The highest BCUT2D eigenvalue weighted by atomic mass is 79.9. The first-order valence-electron chi connectivity index (χ1n) is 10.6. The molecule has 0 saturated heterocycles. The number of thioether (sulfide) groups is 1. The Morgan fingerprint density at radius 3 is 2.68 bits per heavy atom. The molecule has 0 radical (unpaired) electrons. The molecule has 0 bridgehead atoms. The zero-order valence-electron chi connectivity index (χ0n) is 17.7. The van der Waals surface area contributed by atoms with E-state index in [0.717, 1.165) is 53.5 Å². The van der Waals surface area contributed by atoms with Crippen molar-refractivity contribution in [2.45, 2.75) is 30.8 Å². The predicted molar refractivity (Wildman–Crippen MR) is 135 cm³/mol. The summed E-state index contributed by atoms with van der Waals surface area (Å²) in [5.74, 6) is -2.16. The first kappa shape index (κ1) is 23.2. The summed E-state index contributed by atoms with van der Waals surface area (Å²) in [6, 6.07) is 10.3. The minimum atomic E-state index is -0.853. The second kappa shape index (κ2) is 9.59. The zero-order chi connectivity index (χ0) is 23.8. The van der Waals surface area contributed by atoms with Gasteiger partial charge in [-0.25, -0.2) is 13.8 Å². The lowest BCUT2D eigenvalue weighted by molar-refractivity contribution is -0.113. The van der Waals surface area contributed by atoms with Crippen molar-refractivity contribution in [1.82, 2.24) is 9.55 Å². The second-order valence-corrected chi connectivity index (χ2v) is 10.8. The monoisotopic (exact) mass is 561 g/mol. The molecule has 1 amide bonds. The maximum absolute atomic E-state index is 13.9. The minimum absolute atomic E-state index is 0.101. The number of thiophene rings is 1. The van der Waals surface area contributed by atoms with Crippen LogP contribution in [0.1, 0.15) is 23.3 Å². The molecule has 10 heteroatoms. The first-order chi connectivity index (χ1) is 16.4. The van der Waals surface area contributed by atoms with Gasteiger partial charge in [-0.2, -0.15) is 0 Å². The van der Waals surface area contributed by atoms with Crippen molar-refractivity contribution in [2.24, 2.45) is 0 Å². The highest BCUT2D eigenvalue weighted by Gasteiger charge is 2.23. The van der Waals surface area contributed by atoms with Crippen LogP contribution in [0.5, 0.6) is 0 Å². The van der Waals surface area contributed by atoms with Gasteiger partial charge in [-0.15, -0.1) is 11.3 Å². The van der Waals surface area contributed by atoms with Gasteiger partial charge < -0.3 is 5.32 Å². The number of carbonyl (C=O) groups is 1. The Kier molecular flexibility index (Phi) is 6.54. The summed E-state index contributed by atoms with van der Waals surface area (Å²) in [6.45, 7) is 0. The van der Waals surface area contributed by atoms with E-state index < -0.39 is 17.5 Å². The third-order valence-corrected chi connectivity index (χ3v) is 8.23. The highest BCUT2D eigenvalue weighted by molar-refractivity contribution is 9.10. The van der Waals surface area contributed by atoms with Gasteiger partial charge in [0.05, 0.1) is 22.5 Å². The molecule has 0 spiro atoms. The maximum Gasteiger partial charge on any atom is 0.267 e. The van der Waals surface area contributed by atoms with Crippen LogP contribution in [0.4, 0.5) is 14.5 Å². The van der Waals surface area contributed by atoms with Crippen LogP contribution in [0.15, 0.2) is 56.9 Å². The van der Waals surface area contributed by atoms with Crippen molar-refractivity contribution in [2.75, 3.05) is 11.1 Å². The average Bonchev–Trinajstić information content (AvgIpc) is 3.19. The minimum Gasteiger partial charge on any atom is -0.323 e. The molecular formula is C24H18BrF2N3O2S2. The number of nitrogens with one attached hydrogen (secondary N) is 1. The molecule has 0 unspecified atom stereocenters. The van der Waals surface area contributed by atoms with Crippen LogP contribution in [0.25, 0.3) is 15.9 Å². The van der Waals surface area contributed by atoms with Crippen molar-refractivity contribution < 1.29 is 13.6 Å². The predicted octanol–water partition coefficient (Wildman–Crippen LogP) is 6.10. The number of aryl methyl sites for hydroxylation is 2. The van der Waals surface area contributed by atoms with Gasteiger partial charge in [-0.1, -0.05) is 27.7 Å². The van der Waals surface area contributed by atoms with Crippen molar-refractivity contribution in [1.29, 1.82) is 0 Å². The van der Waals surface area contributed by atoms with E-state index in [1.165, 1.54) is 15.5 Å². The number of aromatic nitrogens is 2. The Labute approximate surface area is 210 Å². The summed E-state index contributed by atoms with van der Waals surface area (Å²) < 4.78 is 29.5. The summed E-state index contributed by atoms with van der Waals surface area (Å²) in [6.07, 6.45) is 3.96. The van der Waals surface area contributed by atoms with Gasteiger partial charge in [0.1, 0.15) is 16.5 Å². The molecule has 0 saturated carbocycles. The smallest absolute Gasteiger partial charge is 0.267 e. The lowest BCUT2D eigenvalue weighted by Crippen LogP contribution is -2.23. The van der Waals surface area contributed by atoms with Crippen molar-refractivity contribution in [3.8, 4) is 5.69 Å². The first-order valence-corrected chi connectivity index (χ1v) is 13.2. The Bertz CT molecular complexity index is 1470. The number of rotatable bonds is 5. The number of halogens is 3. The molecule has 0 fully saturated rings. The fraction of sp³-hybridized carbons (Fsp3) is 0.208. The van der Waals surface area contributed by atoms with Gasteiger partial charge in [0.2, 0.25) is 5.91 Å². The van der Waals surface area contributed by atoms with Crippen LogP contribution < -0.4 is 10.9 Å². The molecular weight excluding hydrogens is 544 g/mol. The van der Waals surface area contributed by atoms with Crippen LogP contribution >= 0.6 is 39.0 Å². The number of anilines is 1. The summed E-state index contributed by atoms with van der Waals surface area (Å²) >= 11 is 6.06. The average molecular weight is 562 g/mol. The number of hydrogen-bond acceptors (Lipinski definition) is 5. The molecule has 4 aromatic rings. The van der Waals surface area contributed by atoms with Crippen LogP contribution in [-0.2, 0) is 17.6 Å². The Balaban J connectivity index is 1.51. The number of carbonyl (C=O) groups excluding carboxylic acids is 1. The summed E-state index contributed by atoms with van der Waals surface area (Å²) in [5.41, 5.74) is 1.48. The lowest BCUT2D eigenvalue weighted by Gasteiger charge is -2.14. The van der Waals surface area contributed by atoms with Gasteiger partial charge in [-0.05, 0) is 67.6 Å². The van der Waals surface area contributed by atoms with E-state index >= 15 is 0 Å². The summed E-state index contributed by atoms with van der Waals surface area (Å²) in [5, 5.41) is 3.49. The molecule has 2 aromatic carbocycles. The van der Waals surface area contributed by atoms with Gasteiger partial charge in [0.15, 0.2) is 5.16 Å². The molecule has 1 N–H and O–H groups in total. The van der Waals surface area contributed by atoms with Crippen molar-refractivity contribution in [3.05, 3.63) is 79.4 Å². The fourth-order valence-electron chi connectivity index (χ4n) is 4.01. The standard InChI is InChI=1S/C24H18BrF2N3O2S2/c25-13-5-8-15(9-6-13)30-23(32)21-16-3-1-2-4-19(16)34-22(21)29-24(30)33-12-20(31)28-18-10-7-14(26)11-17(18)27/h5-11H,1-4,12H2,(H,28,31). The molecule has 0 atom stereocenters. The molecule has 5 rings (SSSR count). The normalized spacial score (nSPS) is 13.1. The molecule has 1 aliphatic carbocycles. The third-order valence-electron chi connectivity index (χ3n) is 5.58. The van der Waals surface area contributed by atoms with E-state index in [4.69, 9.17) is 4.98 Å². The number of fused-ring (bicyclic) bond motifs is 3. The molecule has 2 aromatic heterocycles. The zero-order valence-corrected chi connectivity index (χ0v) is 21.0. The van der Waals surface area contributed by atoms with Gasteiger partial charge >= 0.3 is 0 Å². The van der Waals surface area contributed by atoms with Gasteiger partial charge in [0.25, 0.3) is 5.56 Å². The SMILES string of the molecule is O=C(CSc1nc2sc3c(c2c(=O)n1-c1ccc(Br)cc1)CCCC3)Nc1ccc(F)cc1F. The number of nitrogens with zero attached hydrogens (tertiary/aromatic N) is 2. The van der Waals surface area contributed by atoms with E-state index in [-0.39, 0.29) is 17.0 Å². The number of hydrogen-bond donors (Lipinski definition) is 1. The number of amides is 1. The Morgan fingerprint density at radius 1 is 1.15 bits per heavy atom. The molecule has 0 aliphatic heterocycles. The summed E-state index contributed by atoms with van der Waals surface area (Å²) in [7, 11) is 0. The third kappa shape index (κ3) is 4.54. The van der Waals surface area contributed by atoms with E-state index in [1.807, 2.05) is 24.3 Å². The number of benzene rings is 2. The molecule has 174 valence electrons. The van der Waals surface area contributed by atoms with E-state index in [0.29, 0.717) is 27.1 Å². The largest absolute Gasteiger partial charge is 0.323 e. The van der Waals surface area contributed by atoms with Crippen LogP contribution in [-0.4, -0.2) is 21.2 Å². The van der Waals surface area contributed by atoms with Crippen molar-refractivity contribution in [3.63, 3.8) is 0 Å². The molecule has 1 aliphatic rings. The highest BCUT2D eigenvalue weighted by Crippen LogP contribution is 2.35. The summed E-state index contributed by atoms with van der Waals surface area (Å²) in [4.78, 5) is 32.9. The maximum atomic E-state index is 13.9. The van der Waals surface area contributed by atoms with Crippen LogP contribution in [0.2, 0.25) is 0 Å². The van der Waals surface area contributed by atoms with Crippen LogP contribution in [0.3, 0.4) is 0 Å². The molecule has 2 heterocycles. The Hall–Kier alpha value is -2.56. The van der Waals surface area contributed by atoms with Gasteiger partial charge in [0, 0.05) is 15.4 Å².